The van der Waals surface area contributed by atoms with Gasteiger partial charge in [-0.1, -0.05) is 23.4 Å². The molecule has 0 aliphatic carbocycles. The van der Waals surface area contributed by atoms with E-state index in [1.165, 1.54) is 5.56 Å². The van der Waals surface area contributed by atoms with Crippen molar-refractivity contribution in [1.82, 2.24) is 0 Å². The number of fused-ring (bicyclic) bond motifs is 1. The average molecular weight is 368 g/mol. The monoisotopic (exact) mass is 368 g/mol. The van der Waals surface area contributed by atoms with Crippen LogP contribution in [0.3, 0.4) is 0 Å². The lowest BCUT2D eigenvalue weighted by molar-refractivity contribution is -0.123. The maximum Gasteiger partial charge on any atom is 0.267 e. The third kappa shape index (κ3) is 4.58. The number of para-hydroxylation sites is 1. The number of hydrogen-bond acceptors (Lipinski definition) is 5. The summed E-state index contributed by atoms with van der Waals surface area (Å²) >= 11 is 0. The van der Waals surface area contributed by atoms with Crippen LogP contribution in [-0.2, 0) is 16.1 Å². The zero-order chi connectivity index (χ0) is 19.1. The zero-order valence-corrected chi connectivity index (χ0v) is 15.7. The Morgan fingerprint density at radius 1 is 1.22 bits per heavy atom. The average Bonchev–Trinajstić information content (AvgIpc) is 2.71. The first-order chi connectivity index (χ1) is 13.2. The number of rotatable bonds is 7. The van der Waals surface area contributed by atoms with E-state index < -0.39 is 0 Å². The number of methoxy groups -OCH3 is 1. The van der Waals surface area contributed by atoms with E-state index in [-0.39, 0.29) is 12.5 Å². The highest BCUT2D eigenvalue weighted by molar-refractivity contribution is 5.95. The van der Waals surface area contributed by atoms with E-state index >= 15 is 0 Å². The van der Waals surface area contributed by atoms with Crippen LogP contribution in [0.5, 0.6) is 11.5 Å². The first kappa shape index (κ1) is 18.8. The zero-order valence-electron chi connectivity index (χ0n) is 15.7. The molecule has 2 aromatic rings. The lowest BCUT2D eigenvalue weighted by Crippen LogP contribution is -2.37. The van der Waals surface area contributed by atoms with Crippen molar-refractivity contribution in [2.75, 3.05) is 31.8 Å². The molecule has 6 heteroatoms. The summed E-state index contributed by atoms with van der Waals surface area (Å²) in [6.07, 6.45) is 3.51. The summed E-state index contributed by atoms with van der Waals surface area (Å²) in [7, 11) is 1.59. The van der Waals surface area contributed by atoms with Gasteiger partial charge in [-0.05, 0) is 49.6 Å². The molecule has 2 aromatic carbocycles. The van der Waals surface area contributed by atoms with E-state index in [1.54, 1.807) is 24.3 Å². The first-order valence-corrected chi connectivity index (χ1v) is 9.07. The Morgan fingerprint density at radius 2 is 2.07 bits per heavy atom. The van der Waals surface area contributed by atoms with Crippen molar-refractivity contribution >= 4 is 17.8 Å². The van der Waals surface area contributed by atoms with Crippen LogP contribution >= 0.6 is 0 Å². The second-order valence-corrected chi connectivity index (χ2v) is 6.13. The molecule has 0 bridgehead atoms. The SMILES string of the molecule is CCOc1ccc(/C=N/OCC(=O)N2CCCc3ccccc32)cc1OC. The normalized spacial score (nSPS) is 13.3. The Labute approximate surface area is 159 Å². The minimum absolute atomic E-state index is 0.0939. The van der Waals surface area contributed by atoms with Gasteiger partial charge in [0.25, 0.3) is 5.91 Å². The molecule has 0 unspecified atom stereocenters. The second-order valence-electron chi connectivity index (χ2n) is 6.13. The van der Waals surface area contributed by atoms with E-state index in [9.17, 15) is 4.79 Å². The van der Waals surface area contributed by atoms with E-state index in [2.05, 4.69) is 11.2 Å². The van der Waals surface area contributed by atoms with Crippen LogP contribution < -0.4 is 14.4 Å². The summed E-state index contributed by atoms with van der Waals surface area (Å²) < 4.78 is 10.8. The van der Waals surface area contributed by atoms with Gasteiger partial charge in [-0.2, -0.15) is 0 Å². The fraction of sp³-hybridized carbons (Fsp3) is 0.333. The van der Waals surface area contributed by atoms with Gasteiger partial charge in [0.15, 0.2) is 18.1 Å². The van der Waals surface area contributed by atoms with Crippen LogP contribution in [0.15, 0.2) is 47.6 Å². The Bertz CT molecular complexity index is 820. The molecule has 0 radical (unpaired) electrons. The van der Waals surface area contributed by atoms with Crippen molar-refractivity contribution in [2.24, 2.45) is 5.16 Å². The van der Waals surface area contributed by atoms with Gasteiger partial charge in [0, 0.05) is 17.8 Å². The Kier molecular flexibility index (Phi) is 6.30. The van der Waals surface area contributed by atoms with Crippen molar-refractivity contribution in [3.63, 3.8) is 0 Å². The van der Waals surface area contributed by atoms with E-state index in [0.29, 0.717) is 24.7 Å². The molecule has 1 aliphatic heterocycles. The number of aryl methyl sites for hydroxylation is 1. The molecule has 3 rings (SSSR count). The molecule has 0 saturated heterocycles. The van der Waals surface area contributed by atoms with Crippen LogP contribution in [0.25, 0.3) is 0 Å². The van der Waals surface area contributed by atoms with Gasteiger partial charge in [-0.15, -0.1) is 0 Å². The quantitative estimate of drug-likeness (QED) is 0.555. The van der Waals surface area contributed by atoms with Gasteiger partial charge in [-0.25, -0.2) is 0 Å². The highest BCUT2D eigenvalue weighted by atomic mass is 16.6. The lowest BCUT2D eigenvalue weighted by atomic mass is 10.0. The number of oxime groups is 1. The number of benzene rings is 2. The molecule has 0 N–H and O–H groups in total. The maximum absolute atomic E-state index is 12.5. The van der Waals surface area contributed by atoms with Gasteiger partial charge in [0.2, 0.25) is 0 Å². The minimum Gasteiger partial charge on any atom is -0.493 e. The third-order valence-electron chi connectivity index (χ3n) is 4.36. The van der Waals surface area contributed by atoms with Gasteiger partial charge in [0.05, 0.1) is 19.9 Å². The lowest BCUT2D eigenvalue weighted by Gasteiger charge is -2.28. The molecule has 1 amide bonds. The molecule has 27 heavy (non-hydrogen) atoms. The van der Waals surface area contributed by atoms with E-state index in [4.69, 9.17) is 14.3 Å². The molecule has 0 spiro atoms. The number of ether oxygens (including phenoxy) is 2. The summed E-state index contributed by atoms with van der Waals surface area (Å²) in [6, 6.07) is 13.5. The second kappa shape index (κ2) is 9.07. The first-order valence-electron chi connectivity index (χ1n) is 9.07. The van der Waals surface area contributed by atoms with Gasteiger partial charge in [-0.3, -0.25) is 4.79 Å². The molecular formula is C21H24N2O4. The highest BCUT2D eigenvalue weighted by Crippen LogP contribution is 2.28. The van der Waals surface area contributed by atoms with Crippen LogP contribution in [0.1, 0.15) is 24.5 Å². The highest BCUT2D eigenvalue weighted by Gasteiger charge is 2.22. The fourth-order valence-electron chi connectivity index (χ4n) is 3.10. The van der Waals surface area contributed by atoms with Crippen molar-refractivity contribution < 1.29 is 19.1 Å². The molecule has 1 aliphatic rings. The topological polar surface area (TPSA) is 60.4 Å². The third-order valence-corrected chi connectivity index (χ3v) is 4.36. The predicted molar refractivity (Wildman–Crippen MR) is 105 cm³/mol. The van der Waals surface area contributed by atoms with Crippen molar-refractivity contribution in [3.8, 4) is 11.5 Å². The molecule has 142 valence electrons. The van der Waals surface area contributed by atoms with Crippen molar-refractivity contribution in [3.05, 3.63) is 53.6 Å². The van der Waals surface area contributed by atoms with Crippen LogP contribution in [-0.4, -0.2) is 39.0 Å². The fourth-order valence-corrected chi connectivity index (χ4v) is 3.10. The summed E-state index contributed by atoms with van der Waals surface area (Å²) in [5.74, 6) is 1.21. The number of carbonyl (C=O) groups is 1. The minimum atomic E-state index is -0.0982. The van der Waals surface area contributed by atoms with Crippen molar-refractivity contribution in [2.45, 2.75) is 19.8 Å². The van der Waals surface area contributed by atoms with Gasteiger partial charge < -0.3 is 19.2 Å². The van der Waals surface area contributed by atoms with E-state index in [0.717, 1.165) is 24.1 Å². The molecular weight excluding hydrogens is 344 g/mol. The Hall–Kier alpha value is -3.02. The predicted octanol–water partition coefficient (Wildman–Crippen LogP) is 3.42. The summed E-state index contributed by atoms with van der Waals surface area (Å²) in [5, 5.41) is 3.91. The Morgan fingerprint density at radius 3 is 2.89 bits per heavy atom. The summed E-state index contributed by atoms with van der Waals surface area (Å²) in [6.45, 7) is 3.09. The molecule has 0 atom stereocenters. The van der Waals surface area contributed by atoms with Crippen LogP contribution in [0.4, 0.5) is 5.69 Å². The van der Waals surface area contributed by atoms with Gasteiger partial charge in [0.1, 0.15) is 0 Å². The van der Waals surface area contributed by atoms with Gasteiger partial charge >= 0.3 is 0 Å². The number of amides is 1. The number of nitrogens with zero attached hydrogens (tertiary/aromatic N) is 2. The largest absolute Gasteiger partial charge is 0.493 e. The van der Waals surface area contributed by atoms with Crippen molar-refractivity contribution in [1.29, 1.82) is 0 Å². The molecule has 1 heterocycles. The standard InChI is InChI=1S/C21H24N2O4/c1-3-26-19-11-10-16(13-20(19)25-2)14-22-27-15-21(24)23-12-6-8-17-7-4-5-9-18(17)23/h4-5,7,9-11,13-14H,3,6,8,12,15H2,1-2H3/b22-14+. The number of anilines is 1. The Balaban J connectivity index is 1.58. The smallest absolute Gasteiger partial charge is 0.267 e. The van der Waals surface area contributed by atoms with E-state index in [1.807, 2.05) is 37.3 Å². The molecule has 0 saturated carbocycles. The summed E-state index contributed by atoms with van der Waals surface area (Å²) in [5.41, 5.74) is 2.96. The molecule has 0 aromatic heterocycles. The number of hydrogen-bond donors (Lipinski definition) is 0. The maximum atomic E-state index is 12.5. The molecule has 0 fully saturated rings. The molecule has 6 nitrogen and oxygen atoms in total. The van der Waals surface area contributed by atoms with Crippen LogP contribution in [0.2, 0.25) is 0 Å². The summed E-state index contributed by atoms with van der Waals surface area (Å²) in [4.78, 5) is 19.5. The number of carbonyl (C=O) groups excluding carboxylic acids is 1. The van der Waals surface area contributed by atoms with Crippen LogP contribution in [0, 0.1) is 0 Å².